The number of primary amides is 1. The summed E-state index contributed by atoms with van der Waals surface area (Å²) in [5.74, 6) is 0.623. The van der Waals surface area contributed by atoms with E-state index in [2.05, 4.69) is 62.6 Å². The highest BCUT2D eigenvalue weighted by Gasteiger charge is 2.61. The Balaban J connectivity index is 1.21. The molecule has 1 aliphatic heterocycles. The third-order valence-corrected chi connectivity index (χ3v) is 8.61. The van der Waals surface area contributed by atoms with Crippen molar-refractivity contribution in [3.8, 4) is 0 Å². The first kappa shape index (κ1) is 23.2. The number of nitrogens with zero attached hydrogens (tertiary/aromatic N) is 4. The second-order valence-corrected chi connectivity index (χ2v) is 11.0. The van der Waals surface area contributed by atoms with Crippen molar-refractivity contribution >= 4 is 29.0 Å². The predicted octanol–water partition coefficient (Wildman–Crippen LogP) is 3.29. The zero-order valence-electron chi connectivity index (χ0n) is 20.9. The predicted molar refractivity (Wildman–Crippen MR) is 139 cm³/mol. The summed E-state index contributed by atoms with van der Waals surface area (Å²) in [4.78, 5) is 25.9. The average molecular weight is 492 g/mol. The molecule has 4 unspecified atom stereocenters. The Labute approximate surface area is 211 Å². The topological polar surface area (TPSA) is 99.4 Å². The fourth-order valence-corrected chi connectivity index (χ4v) is 6.51. The fourth-order valence-electron chi connectivity index (χ4n) is 6.51. The van der Waals surface area contributed by atoms with E-state index < -0.39 is 11.2 Å². The monoisotopic (exact) mass is 491 g/mol. The third kappa shape index (κ3) is 3.99. The van der Waals surface area contributed by atoms with Gasteiger partial charge in [-0.15, -0.1) is 0 Å². The van der Waals surface area contributed by atoms with E-state index in [-0.39, 0.29) is 23.7 Å². The number of nitrogens with one attached hydrogen (secondary N) is 2. The molecule has 0 spiro atoms. The molecule has 3 aliphatic carbocycles. The molecule has 190 valence electrons. The highest BCUT2D eigenvalue weighted by atomic mass is 19.1. The van der Waals surface area contributed by atoms with Crippen molar-refractivity contribution in [1.82, 2.24) is 14.9 Å². The molecular formula is C27H34FN7O. The summed E-state index contributed by atoms with van der Waals surface area (Å²) < 4.78 is 14.9. The standard InChI is InChI=1S/C27H34FN7O/c1-16-13-19(5-6-21(16)35-11-9-34(2)10-12-35)31-26-30-15-20(28)24(33-26)32-23-22(17-3-4-17)18-7-8-27(23,14-18)25(29)36/h5-8,13,15,17-18,22-23H,3-4,9-12,14H2,1-2H3,(H2,29,36)(H2,30,31,32,33). The molecule has 9 heteroatoms. The molecule has 2 bridgehead atoms. The van der Waals surface area contributed by atoms with Crippen molar-refractivity contribution in [2.24, 2.45) is 28.9 Å². The van der Waals surface area contributed by atoms with Crippen LogP contribution in [0, 0.1) is 35.9 Å². The van der Waals surface area contributed by atoms with Crippen molar-refractivity contribution in [2.75, 3.05) is 48.8 Å². The number of halogens is 1. The summed E-state index contributed by atoms with van der Waals surface area (Å²) >= 11 is 0. The Hall–Kier alpha value is -3.20. The normalized spacial score (nSPS) is 29.5. The molecule has 4 aliphatic rings. The van der Waals surface area contributed by atoms with Gasteiger partial charge in [-0.2, -0.15) is 4.98 Å². The molecular weight excluding hydrogens is 457 g/mol. The van der Waals surface area contributed by atoms with Gasteiger partial charge in [0.2, 0.25) is 11.9 Å². The first-order valence-corrected chi connectivity index (χ1v) is 12.9. The summed E-state index contributed by atoms with van der Waals surface area (Å²) in [5.41, 5.74) is 8.32. The van der Waals surface area contributed by atoms with Gasteiger partial charge in [-0.1, -0.05) is 12.2 Å². The van der Waals surface area contributed by atoms with Crippen LogP contribution in [0.5, 0.6) is 0 Å². The van der Waals surface area contributed by atoms with E-state index in [1.807, 2.05) is 12.1 Å². The summed E-state index contributed by atoms with van der Waals surface area (Å²) in [7, 11) is 2.15. The molecule has 4 atom stereocenters. The number of anilines is 4. The maximum atomic E-state index is 14.9. The van der Waals surface area contributed by atoms with Crippen molar-refractivity contribution in [1.29, 1.82) is 0 Å². The number of rotatable bonds is 7. The third-order valence-electron chi connectivity index (χ3n) is 8.61. The molecule has 2 saturated carbocycles. The Morgan fingerprint density at radius 2 is 2.00 bits per heavy atom. The van der Waals surface area contributed by atoms with Crippen molar-refractivity contribution in [3.05, 3.63) is 47.9 Å². The van der Waals surface area contributed by atoms with Gasteiger partial charge in [-0.05, 0) is 74.8 Å². The average Bonchev–Trinajstić information content (AvgIpc) is 3.52. The van der Waals surface area contributed by atoms with E-state index >= 15 is 0 Å². The van der Waals surface area contributed by atoms with Crippen LogP contribution in [0.2, 0.25) is 0 Å². The number of carbonyl (C=O) groups is 1. The number of piperazine rings is 1. The van der Waals surface area contributed by atoms with Crippen LogP contribution in [-0.2, 0) is 4.79 Å². The maximum Gasteiger partial charge on any atom is 0.229 e. The largest absolute Gasteiger partial charge is 0.369 e. The Morgan fingerprint density at radius 1 is 1.22 bits per heavy atom. The van der Waals surface area contributed by atoms with Gasteiger partial charge in [-0.25, -0.2) is 9.37 Å². The van der Waals surface area contributed by atoms with Gasteiger partial charge in [0.05, 0.1) is 11.6 Å². The van der Waals surface area contributed by atoms with Crippen LogP contribution < -0.4 is 21.3 Å². The van der Waals surface area contributed by atoms with Crippen molar-refractivity contribution in [2.45, 2.75) is 32.2 Å². The number of hydrogen-bond acceptors (Lipinski definition) is 7. The minimum atomic E-state index is -0.793. The molecule has 1 amide bonds. The number of amides is 1. The van der Waals surface area contributed by atoms with Crippen LogP contribution in [0.4, 0.5) is 27.5 Å². The number of benzene rings is 1. The molecule has 1 aromatic heterocycles. The summed E-state index contributed by atoms with van der Waals surface area (Å²) in [6.45, 7) is 6.21. The van der Waals surface area contributed by atoms with Gasteiger partial charge in [0.1, 0.15) is 0 Å². The molecule has 1 saturated heterocycles. The van der Waals surface area contributed by atoms with E-state index in [4.69, 9.17) is 5.73 Å². The Kier molecular flexibility index (Phi) is 5.63. The molecule has 6 rings (SSSR count). The second kappa shape index (κ2) is 8.73. The number of aryl methyl sites for hydroxylation is 1. The zero-order chi connectivity index (χ0) is 25.0. The van der Waals surface area contributed by atoms with Gasteiger partial charge >= 0.3 is 0 Å². The summed E-state index contributed by atoms with van der Waals surface area (Å²) in [6.07, 6.45) is 8.21. The number of fused-ring (bicyclic) bond motifs is 2. The van der Waals surface area contributed by atoms with Gasteiger partial charge in [0, 0.05) is 43.6 Å². The quantitative estimate of drug-likeness (QED) is 0.511. The fraction of sp³-hybridized carbons (Fsp3) is 0.519. The van der Waals surface area contributed by atoms with Crippen LogP contribution in [0.15, 0.2) is 36.5 Å². The molecule has 0 radical (unpaired) electrons. The zero-order valence-corrected chi connectivity index (χ0v) is 20.9. The number of aromatic nitrogens is 2. The van der Waals surface area contributed by atoms with Gasteiger partial charge in [0.25, 0.3) is 0 Å². The highest BCUT2D eigenvalue weighted by Crippen LogP contribution is 2.60. The van der Waals surface area contributed by atoms with Crippen molar-refractivity contribution < 1.29 is 9.18 Å². The SMILES string of the molecule is Cc1cc(Nc2ncc(F)c(NC3C(C4CC4)C4C=CC3(C(N)=O)C4)n2)ccc1N1CCN(C)CC1. The van der Waals surface area contributed by atoms with Gasteiger partial charge < -0.3 is 26.2 Å². The molecule has 2 aromatic rings. The second-order valence-electron chi connectivity index (χ2n) is 11.0. The van der Waals surface area contributed by atoms with Gasteiger partial charge in [-0.3, -0.25) is 4.79 Å². The Bertz CT molecular complexity index is 1210. The molecule has 8 nitrogen and oxygen atoms in total. The van der Waals surface area contributed by atoms with Gasteiger partial charge in [0.15, 0.2) is 11.6 Å². The van der Waals surface area contributed by atoms with E-state index in [0.29, 0.717) is 24.2 Å². The summed E-state index contributed by atoms with van der Waals surface area (Å²) in [5, 5.41) is 6.52. The van der Waals surface area contributed by atoms with E-state index in [0.717, 1.165) is 50.3 Å². The lowest BCUT2D eigenvalue weighted by Gasteiger charge is -2.35. The van der Waals surface area contributed by atoms with Crippen LogP contribution in [0.1, 0.15) is 24.8 Å². The maximum absolute atomic E-state index is 14.9. The highest BCUT2D eigenvalue weighted by molar-refractivity contribution is 5.86. The molecule has 2 heterocycles. The minimum Gasteiger partial charge on any atom is -0.369 e. The van der Waals surface area contributed by atoms with Crippen LogP contribution >= 0.6 is 0 Å². The van der Waals surface area contributed by atoms with E-state index in [1.54, 1.807) is 0 Å². The van der Waals surface area contributed by atoms with E-state index in [9.17, 15) is 9.18 Å². The lowest BCUT2D eigenvalue weighted by atomic mass is 9.76. The molecule has 4 N–H and O–H groups in total. The summed E-state index contributed by atoms with van der Waals surface area (Å²) in [6, 6.07) is 5.93. The number of nitrogens with two attached hydrogens (primary N) is 1. The van der Waals surface area contributed by atoms with Crippen LogP contribution in [0.25, 0.3) is 0 Å². The Morgan fingerprint density at radius 3 is 2.69 bits per heavy atom. The lowest BCUT2D eigenvalue weighted by molar-refractivity contribution is -0.125. The molecule has 1 aromatic carbocycles. The van der Waals surface area contributed by atoms with Crippen LogP contribution in [-0.4, -0.2) is 60.0 Å². The van der Waals surface area contributed by atoms with E-state index in [1.165, 1.54) is 11.9 Å². The first-order chi connectivity index (χ1) is 17.3. The minimum absolute atomic E-state index is 0.107. The number of likely N-dealkylation sites (N-methyl/N-ethyl adjacent to an activating group) is 1. The smallest absolute Gasteiger partial charge is 0.229 e. The van der Waals surface area contributed by atoms with Crippen molar-refractivity contribution in [3.63, 3.8) is 0 Å². The number of carbonyl (C=O) groups excluding carboxylic acids is 1. The van der Waals surface area contributed by atoms with Crippen LogP contribution in [0.3, 0.4) is 0 Å². The molecule has 36 heavy (non-hydrogen) atoms. The first-order valence-electron chi connectivity index (χ1n) is 12.9. The lowest BCUT2D eigenvalue weighted by Crippen LogP contribution is -2.48. The number of hydrogen-bond donors (Lipinski definition) is 3. The molecule has 3 fully saturated rings. The number of allylic oxidation sites excluding steroid dienone is 1.